The van der Waals surface area contributed by atoms with Gasteiger partial charge in [-0.2, -0.15) is 0 Å². The molecule has 0 heterocycles. The van der Waals surface area contributed by atoms with Gasteiger partial charge in [0.05, 0.1) is 0 Å². The fourth-order valence-corrected chi connectivity index (χ4v) is 1.50. The zero-order valence-electron chi connectivity index (χ0n) is 9.45. The van der Waals surface area contributed by atoms with E-state index in [2.05, 4.69) is 0 Å². The molecule has 14 heavy (non-hydrogen) atoms. The molecule has 0 fully saturated rings. The first-order valence-electron chi connectivity index (χ1n) is 3.67. The van der Waals surface area contributed by atoms with Crippen molar-refractivity contribution in [3.8, 4) is 0 Å². The van der Waals surface area contributed by atoms with Gasteiger partial charge in [0, 0.05) is 42.7 Å². The van der Waals surface area contributed by atoms with Crippen LogP contribution in [-0.4, -0.2) is 61.7 Å². The van der Waals surface area contributed by atoms with Gasteiger partial charge in [0.1, 0.15) is 0 Å². The maximum absolute atomic E-state index is 4.71. The van der Waals surface area contributed by atoms with Crippen molar-refractivity contribution < 1.29 is 26.6 Å². The van der Waals surface area contributed by atoms with E-state index in [0.29, 0.717) is 0 Å². The van der Waals surface area contributed by atoms with E-state index in [-0.39, 0.29) is 0 Å². The van der Waals surface area contributed by atoms with E-state index in [0.717, 1.165) is 0 Å². The Balaban J connectivity index is 0. The van der Waals surface area contributed by atoms with Gasteiger partial charge in [-0.25, -0.2) is 0 Å². The lowest BCUT2D eigenvalue weighted by molar-refractivity contribution is 0.163. The third kappa shape index (κ3) is 10.3. The minimum Gasteiger partial charge on any atom is -0.375 e. The summed E-state index contributed by atoms with van der Waals surface area (Å²) in [5.74, 6) is 0. The summed E-state index contributed by atoms with van der Waals surface area (Å²) in [7, 11) is 6.62. The van der Waals surface area contributed by atoms with Crippen LogP contribution in [0, 0.1) is 0 Å². The van der Waals surface area contributed by atoms with Crippen LogP contribution >= 0.6 is 0 Å². The highest BCUT2D eigenvalue weighted by Crippen LogP contribution is 1.81. The maximum Gasteiger partial charge on any atom is 0.576 e. The largest absolute Gasteiger partial charge is 0.576 e. The van der Waals surface area contributed by atoms with Crippen LogP contribution in [-0.2, 0) is 26.6 Å². The summed E-state index contributed by atoms with van der Waals surface area (Å²) in [6.45, 7) is 0. The Hall–Kier alpha value is 0.194. The van der Waals surface area contributed by atoms with Crippen molar-refractivity contribution in [1.29, 1.82) is 0 Å². The molecule has 0 amide bonds. The van der Waals surface area contributed by atoms with Crippen LogP contribution in [0.1, 0.15) is 0 Å². The van der Waals surface area contributed by atoms with Gasteiger partial charge in [-0.1, -0.05) is 0 Å². The van der Waals surface area contributed by atoms with Gasteiger partial charge in [0.25, 0.3) is 0 Å². The fourth-order valence-electron chi connectivity index (χ4n) is 0.500. The zero-order valence-corrected chi connectivity index (χ0v) is 11.4. The summed E-state index contributed by atoms with van der Waals surface area (Å²) < 4.78 is 28.2. The number of hydrogen-bond acceptors (Lipinski definition) is 6. The minimum absolute atomic E-state index is 1.36. The molecule has 0 saturated heterocycles. The van der Waals surface area contributed by atoms with E-state index in [1.807, 2.05) is 0 Å². The molecule has 0 aliphatic rings. The fraction of sp³-hybridized carbons (Fsp3) is 1.00. The van der Waals surface area contributed by atoms with Gasteiger partial charge in [-0.15, -0.1) is 0 Å². The van der Waals surface area contributed by atoms with Gasteiger partial charge < -0.3 is 26.6 Å². The molecule has 8 heteroatoms. The van der Waals surface area contributed by atoms with Crippen LogP contribution in [0.15, 0.2) is 0 Å². The van der Waals surface area contributed by atoms with Crippen LogP contribution in [0.2, 0.25) is 0 Å². The molecule has 0 bridgehead atoms. The second kappa shape index (κ2) is 13.2. The molecule has 0 aromatic rings. The Morgan fingerprint density at radius 2 is 0.571 bits per heavy atom. The van der Waals surface area contributed by atoms with Crippen molar-refractivity contribution in [2.75, 3.05) is 42.7 Å². The van der Waals surface area contributed by atoms with E-state index in [1.165, 1.54) is 0 Å². The molecule has 0 unspecified atom stereocenters. The molecule has 6 nitrogen and oxygen atoms in total. The van der Waals surface area contributed by atoms with Crippen molar-refractivity contribution in [3.63, 3.8) is 0 Å². The highest BCUT2D eigenvalue weighted by Gasteiger charge is 2.10. The minimum atomic E-state index is -1.36. The molecule has 0 atom stereocenters. The van der Waals surface area contributed by atoms with Gasteiger partial charge in [0.2, 0.25) is 0 Å². The third-order valence-electron chi connectivity index (χ3n) is 1.00. The molecule has 0 N–H and O–H groups in total. The van der Waals surface area contributed by atoms with Crippen LogP contribution in [0.5, 0.6) is 0 Å². The predicted molar refractivity (Wildman–Crippen MR) is 53.6 cm³/mol. The van der Waals surface area contributed by atoms with Gasteiger partial charge in [-0.05, 0) is 0 Å². The number of rotatable bonds is 6. The van der Waals surface area contributed by atoms with E-state index in [9.17, 15) is 0 Å². The van der Waals surface area contributed by atoms with Crippen molar-refractivity contribution in [3.05, 3.63) is 0 Å². The molecular weight excluding hydrogens is 224 g/mol. The molecular formula is C6H18O6Si2. The van der Waals surface area contributed by atoms with Gasteiger partial charge in [-0.3, -0.25) is 0 Å². The quantitative estimate of drug-likeness (QED) is 0.602. The molecule has 86 valence electrons. The first kappa shape index (κ1) is 16.6. The Bertz CT molecular complexity index is 75.3. The molecule has 0 aliphatic heterocycles. The standard InChI is InChI=1S/2C3H9O3Si/c2*1-4-7(5-2)6-3/h2*1-3H3. The zero-order chi connectivity index (χ0) is 11.4. The average Bonchev–Trinajstić information content (AvgIpc) is 2.24. The maximum atomic E-state index is 4.71. The Morgan fingerprint density at radius 1 is 0.429 bits per heavy atom. The SMILES string of the molecule is CO[Si](OC)OC.CO[Si](OC)OC. The lowest BCUT2D eigenvalue weighted by Crippen LogP contribution is -2.21. The Labute approximate surface area is 88.9 Å². The van der Waals surface area contributed by atoms with Gasteiger partial charge in [0.15, 0.2) is 0 Å². The lowest BCUT2D eigenvalue weighted by atomic mass is 11.8. The predicted octanol–water partition coefficient (Wildman–Crippen LogP) is -0.179. The van der Waals surface area contributed by atoms with Crippen LogP contribution in [0.3, 0.4) is 0 Å². The highest BCUT2D eigenvalue weighted by molar-refractivity contribution is 6.36. The normalized spacial score (nSPS) is 10.3. The van der Waals surface area contributed by atoms with Crippen LogP contribution in [0.4, 0.5) is 0 Å². The second-order valence-corrected chi connectivity index (χ2v) is 5.17. The summed E-state index contributed by atoms with van der Waals surface area (Å²) in [6.07, 6.45) is 0. The topological polar surface area (TPSA) is 55.4 Å². The van der Waals surface area contributed by atoms with E-state index in [1.54, 1.807) is 42.7 Å². The second-order valence-electron chi connectivity index (χ2n) is 1.72. The van der Waals surface area contributed by atoms with Crippen molar-refractivity contribution in [2.45, 2.75) is 0 Å². The molecule has 0 spiro atoms. The summed E-state index contributed by atoms with van der Waals surface area (Å²) in [5, 5.41) is 0. The first-order valence-corrected chi connectivity index (χ1v) is 6.12. The van der Waals surface area contributed by atoms with Crippen LogP contribution in [0.25, 0.3) is 0 Å². The van der Waals surface area contributed by atoms with Crippen molar-refractivity contribution in [2.24, 2.45) is 0 Å². The molecule has 0 rings (SSSR count). The summed E-state index contributed by atoms with van der Waals surface area (Å²) in [4.78, 5) is 0. The Kier molecular flexibility index (Phi) is 15.7. The molecule has 0 aliphatic carbocycles. The van der Waals surface area contributed by atoms with Crippen molar-refractivity contribution in [1.82, 2.24) is 0 Å². The van der Waals surface area contributed by atoms with Crippen LogP contribution < -0.4 is 0 Å². The summed E-state index contributed by atoms with van der Waals surface area (Å²) in [5.41, 5.74) is 0. The van der Waals surface area contributed by atoms with E-state index in [4.69, 9.17) is 26.6 Å². The summed E-state index contributed by atoms with van der Waals surface area (Å²) in [6, 6.07) is 0. The van der Waals surface area contributed by atoms with Crippen molar-refractivity contribution >= 4 is 19.1 Å². The van der Waals surface area contributed by atoms with Gasteiger partial charge >= 0.3 is 19.1 Å². The first-order chi connectivity index (χ1) is 6.69. The average molecular weight is 242 g/mol. The molecule has 0 saturated carbocycles. The molecule has 0 aromatic carbocycles. The number of hydrogen-bond donors (Lipinski definition) is 0. The van der Waals surface area contributed by atoms with E-state index < -0.39 is 19.1 Å². The molecule has 0 aromatic heterocycles. The Morgan fingerprint density at radius 3 is 0.571 bits per heavy atom. The smallest absolute Gasteiger partial charge is 0.375 e. The third-order valence-corrected chi connectivity index (χ3v) is 3.00. The molecule has 2 radical (unpaired) electrons. The summed E-state index contributed by atoms with van der Waals surface area (Å²) >= 11 is 0. The monoisotopic (exact) mass is 242 g/mol. The van der Waals surface area contributed by atoms with E-state index >= 15 is 0 Å². The lowest BCUT2D eigenvalue weighted by Gasteiger charge is -2.02. The highest BCUT2D eigenvalue weighted by atomic mass is 28.3.